The number of anilines is 1. The van der Waals surface area contributed by atoms with Gasteiger partial charge in [-0.25, -0.2) is 4.98 Å². The lowest BCUT2D eigenvalue weighted by atomic mass is 9.99. The number of hydrogen-bond donors (Lipinski definition) is 1. The molecule has 8 heteroatoms. The van der Waals surface area contributed by atoms with Crippen LogP contribution in [0.3, 0.4) is 0 Å². The summed E-state index contributed by atoms with van der Waals surface area (Å²) in [6, 6.07) is 7.35. The molecule has 3 heterocycles. The van der Waals surface area contributed by atoms with Crippen LogP contribution in [-0.2, 0) is 7.05 Å². The molecule has 35 heavy (non-hydrogen) atoms. The van der Waals surface area contributed by atoms with E-state index in [4.69, 9.17) is 16.0 Å². The van der Waals surface area contributed by atoms with E-state index < -0.39 is 0 Å². The van der Waals surface area contributed by atoms with Crippen LogP contribution >= 0.6 is 11.6 Å². The Hall–Kier alpha value is -3.71. The summed E-state index contributed by atoms with van der Waals surface area (Å²) in [6.07, 6.45) is 3.30. The summed E-state index contributed by atoms with van der Waals surface area (Å²) in [4.78, 5) is 22.2. The highest BCUT2D eigenvalue weighted by molar-refractivity contribution is 6.29. The molecule has 0 aliphatic carbocycles. The summed E-state index contributed by atoms with van der Waals surface area (Å²) in [5, 5.41) is 8.65. The van der Waals surface area contributed by atoms with Gasteiger partial charge in [-0.05, 0) is 58.4 Å². The molecule has 0 aliphatic rings. The zero-order valence-corrected chi connectivity index (χ0v) is 21.5. The first kappa shape index (κ1) is 24.4. The van der Waals surface area contributed by atoms with E-state index in [0.29, 0.717) is 33.0 Å². The van der Waals surface area contributed by atoms with Crippen molar-refractivity contribution in [2.24, 2.45) is 12.0 Å². The fourth-order valence-corrected chi connectivity index (χ4v) is 4.20. The molecule has 0 saturated carbocycles. The van der Waals surface area contributed by atoms with Crippen LogP contribution in [0.25, 0.3) is 16.5 Å². The maximum atomic E-state index is 13.4. The van der Waals surface area contributed by atoms with Gasteiger partial charge in [-0.3, -0.25) is 14.5 Å². The number of allylic oxidation sites excluding steroid dienone is 1. The van der Waals surface area contributed by atoms with Crippen molar-refractivity contribution in [2.75, 3.05) is 5.32 Å². The van der Waals surface area contributed by atoms with Crippen LogP contribution in [-0.4, -0.2) is 21.0 Å². The smallest absolute Gasteiger partial charge is 0.196 e. The van der Waals surface area contributed by atoms with Gasteiger partial charge in [-0.15, -0.1) is 0 Å². The van der Waals surface area contributed by atoms with Crippen LogP contribution in [0.5, 0.6) is 0 Å². The molecule has 1 atom stereocenters. The molecule has 0 unspecified atom stereocenters. The van der Waals surface area contributed by atoms with E-state index in [-0.39, 0.29) is 11.5 Å². The van der Waals surface area contributed by atoms with Gasteiger partial charge in [0.2, 0.25) is 0 Å². The second-order valence-corrected chi connectivity index (χ2v) is 9.16. The zero-order chi connectivity index (χ0) is 25.4. The number of halogens is 1. The minimum Gasteiger partial charge on any atom is -0.455 e. The van der Waals surface area contributed by atoms with Crippen molar-refractivity contribution in [3.63, 3.8) is 0 Å². The van der Waals surface area contributed by atoms with Gasteiger partial charge in [-0.2, -0.15) is 5.10 Å². The zero-order valence-electron chi connectivity index (χ0n) is 20.7. The highest BCUT2D eigenvalue weighted by Crippen LogP contribution is 2.31. The van der Waals surface area contributed by atoms with E-state index in [2.05, 4.69) is 27.0 Å². The molecular weight excluding hydrogens is 462 g/mol. The third-order valence-electron chi connectivity index (χ3n) is 6.14. The number of fused-ring (bicyclic) bond motifs is 1. The van der Waals surface area contributed by atoms with Gasteiger partial charge < -0.3 is 9.73 Å². The van der Waals surface area contributed by atoms with Gasteiger partial charge in [0.15, 0.2) is 5.43 Å². The summed E-state index contributed by atoms with van der Waals surface area (Å²) in [5.41, 5.74) is 6.57. The van der Waals surface area contributed by atoms with E-state index in [1.54, 1.807) is 30.1 Å². The van der Waals surface area contributed by atoms with Crippen molar-refractivity contribution in [3.8, 4) is 0 Å². The molecule has 0 amide bonds. The molecule has 0 saturated heterocycles. The third kappa shape index (κ3) is 4.77. The summed E-state index contributed by atoms with van der Waals surface area (Å²) in [6.45, 7) is 13.7. The predicted octanol–water partition coefficient (Wildman–Crippen LogP) is 6.40. The molecular formula is C27H28ClN5O2. The standard InChI is InChI=1S/C27H28ClN5O2/c1-14-10-20(17(4)31-22-8-9-24(28)32-18(22)5)27-21(11-14)25(34)16(3)26(35-27)15(2)12-29-23-13-30-33(7)19(23)6/h8-13,17,31H,2H2,1,3-7H3/t17-/m1/s1. The van der Waals surface area contributed by atoms with E-state index in [1.807, 2.05) is 52.9 Å². The first-order valence-corrected chi connectivity index (χ1v) is 11.6. The Labute approximate surface area is 209 Å². The molecule has 4 rings (SSSR count). The Bertz CT molecular complexity index is 1550. The van der Waals surface area contributed by atoms with Crippen molar-refractivity contribution < 1.29 is 4.42 Å². The minimum absolute atomic E-state index is 0.0881. The summed E-state index contributed by atoms with van der Waals surface area (Å²) in [7, 11) is 1.86. The number of benzene rings is 1. The molecule has 1 N–H and O–H groups in total. The highest BCUT2D eigenvalue weighted by Gasteiger charge is 2.19. The fraction of sp³-hybridized carbons (Fsp3) is 0.259. The maximum absolute atomic E-state index is 13.4. The number of nitrogens with one attached hydrogen (secondary N) is 1. The van der Waals surface area contributed by atoms with Crippen molar-refractivity contribution >= 4 is 45.7 Å². The Balaban J connectivity index is 1.78. The number of hydrogen-bond acceptors (Lipinski definition) is 6. The largest absolute Gasteiger partial charge is 0.455 e. The number of aromatic nitrogens is 3. The van der Waals surface area contributed by atoms with E-state index >= 15 is 0 Å². The minimum atomic E-state index is -0.169. The van der Waals surface area contributed by atoms with E-state index in [0.717, 1.165) is 33.9 Å². The van der Waals surface area contributed by atoms with Crippen molar-refractivity contribution in [2.45, 2.75) is 40.7 Å². The molecule has 0 spiro atoms. The molecule has 7 nitrogen and oxygen atoms in total. The van der Waals surface area contributed by atoms with Crippen molar-refractivity contribution in [3.05, 3.63) is 86.3 Å². The average Bonchev–Trinajstić information content (AvgIpc) is 3.13. The highest BCUT2D eigenvalue weighted by atomic mass is 35.5. The lowest BCUT2D eigenvalue weighted by Gasteiger charge is -2.19. The Kier molecular flexibility index (Phi) is 6.63. The normalized spacial score (nSPS) is 12.4. The van der Waals surface area contributed by atoms with Gasteiger partial charge in [-0.1, -0.05) is 24.2 Å². The molecule has 3 aromatic heterocycles. The topological polar surface area (TPSA) is 85.3 Å². The molecule has 180 valence electrons. The SMILES string of the molecule is C=C(C=Nc1cnn(C)c1C)c1oc2c([C@@H](C)Nc3ccc(Cl)nc3C)cc(C)cc2c(=O)c1C. The van der Waals surface area contributed by atoms with Crippen LogP contribution in [0.15, 0.2) is 51.2 Å². The maximum Gasteiger partial charge on any atom is 0.196 e. The summed E-state index contributed by atoms with van der Waals surface area (Å²) >= 11 is 6.01. The molecule has 0 fully saturated rings. The Morgan fingerprint density at radius 3 is 2.66 bits per heavy atom. The van der Waals surface area contributed by atoms with Crippen molar-refractivity contribution in [1.82, 2.24) is 14.8 Å². The Morgan fingerprint density at radius 1 is 1.26 bits per heavy atom. The number of aryl methyl sites for hydroxylation is 3. The number of pyridine rings is 1. The quantitative estimate of drug-likeness (QED) is 0.250. The first-order chi connectivity index (χ1) is 16.6. The van der Waals surface area contributed by atoms with Gasteiger partial charge in [0.05, 0.1) is 34.7 Å². The average molecular weight is 490 g/mol. The fourth-order valence-electron chi connectivity index (χ4n) is 4.01. The van der Waals surface area contributed by atoms with Gasteiger partial charge in [0, 0.05) is 30.0 Å². The Morgan fingerprint density at radius 2 is 2.00 bits per heavy atom. The summed E-state index contributed by atoms with van der Waals surface area (Å²) < 4.78 is 8.11. The molecule has 4 aromatic rings. The van der Waals surface area contributed by atoms with Crippen molar-refractivity contribution in [1.29, 1.82) is 0 Å². The molecule has 0 aliphatic heterocycles. The summed E-state index contributed by atoms with van der Waals surface area (Å²) in [5.74, 6) is 0.412. The molecule has 1 aromatic carbocycles. The first-order valence-electron chi connectivity index (χ1n) is 11.3. The predicted molar refractivity (Wildman–Crippen MR) is 143 cm³/mol. The van der Waals surface area contributed by atoms with Gasteiger partial charge >= 0.3 is 0 Å². The monoisotopic (exact) mass is 489 g/mol. The second-order valence-electron chi connectivity index (χ2n) is 8.77. The van der Waals surface area contributed by atoms with Crippen LogP contribution in [0.2, 0.25) is 5.15 Å². The number of rotatable bonds is 6. The lowest BCUT2D eigenvalue weighted by Crippen LogP contribution is -2.14. The van der Waals surface area contributed by atoms with Crippen LogP contribution in [0, 0.1) is 27.7 Å². The van der Waals surface area contributed by atoms with Crippen LogP contribution < -0.4 is 10.7 Å². The van der Waals surface area contributed by atoms with Gasteiger partial charge in [0.25, 0.3) is 0 Å². The third-order valence-corrected chi connectivity index (χ3v) is 6.35. The lowest BCUT2D eigenvalue weighted by molar-refractivity contribution is 0.576. The van der Waals surface area contributed by atoms with E-state index in [9.17, 15) is 4.79 Å². The second kappa shape index (κ2) is 9.50. The van der Waals surface area contributed by atoms with Crippen LogP contribution in [0.1, 0.15) is 46.8 Å². The number of aliphatic imine (C=N–C) groups is 1. The van der Waals surface area contributed by atoms with E-state index in [1.165, 1.54) is 0 Å². The molecule has 0 radical (unpaired) electrons. The number of nitrogens with zero attached hydrogens (tertiary/aromatic N) is 4. The molecule has 0 bridgehead atoms. The van der Waals surface area contributed by atoms with Crippen LogP contribution in [0.4, 0.5) is 11.4 Å². The van der Waals surface area contributed by atoms with Gasteiger partial charge in [0.1, 0.15) is 22.2 Å².